The Labute approximate surface area is 219 Å². The summed E-state index contributed by atoms with van der Waals surface area (Å²) in [6.07, 6.45) is 5.05. The zero-order chi connectivity index (χ0) is 26.4. The van der Waals surface area contributed by atoms with Crippen LogP contribution in [0.25, 0.3) is 22.8 Å². The first-order valence-electron chi connectivity index (χ1n) is 12.4. The first-order chi connectivity index (χ1) is 18.3. The highest BCUT2D eigenvalue weighted by molar-refractivity contribution is 5.68. The van der Waals surface area contributed by atoms with Crippen LogP contribution in [0.15, 0.2) is 61.1 Å². The molecular formula is C27H28FN9O. The van der Waals surface area contributed by atoms with Crippen LogP contribution in [0.2, 0.25) is 0 Å². The summed E-state index contributed by atoms with van der Waals surface area (Å²) >= 11 is 0. The average molecular weight is 514 g/mol. The lowest BCUT2D eigenvalue weighted by molar-refractivity contribution is 0.191. The summed E-state index contributed by atoms with van der Waals surface area (Å²) in [5, 5.41) is 16.4. The van der Waals surface area contributed by atoms with Crippen LogP contribution in [-0.2, 0) is 20.1 Å². The van der Waals surface area contributed by atoms with Gasteiger partial charge in [-0.3, -0.25) is 4.68 Å². The van der Waals surface area contributed by atoms with Gasteiger partial charge in [0.05, 0.1) is 17.6 Å². The summed E-state index contributed by atoms with van der Waals surface area (Å²) in [5.74, 6) is 2.45. The zero-order valence-electron chi connectivity index (χ0n) is 21.6. The lowest BCUT2D eigenvalue weighted by atomic mass is 9.93. The Morgan fingerprint density at radius 1 is 1.08 bits per heavy atom. The van der Waals surface area contributed by atoms with Gasteiger partial charge in [-0.2, -0.15) is 5.10 Å². The highest BCUT2D eigenvalue weighted by atomic mass is 19.1. The molecule has 0 aliphatic carbocycles. The molecule has 1 atom stereocenters. The van der Waals surface area contributed by atoms with Gasteiger partial charge < -0.3 is 19.2 Å². The number of hydrogen-bond acceptors (Lipinski definition) is 7. The number of hydrogen-bond donors (Lipinski definition) is 1. The molecule has 4 aromatic heterocycles. The van der Waals surface area contributed by atoms with Crippen LogP contribution >= 0.6 is 0 Å². The number of halogens is 1. The molecule has 10 nitrogen and oxygen atoms in total. The number of ether oxygens (including phenoxy) is 1. The summed E-state index contributed by atoms with van der Waals surface area (Å²) in [6, 6.07) is 12.2. The van der Waals surface area contributed by atoms with E-state index in [1.807, 2.05) is 26.1 Å². The van der Waals surface area contributed by atoms with Gasteiger partial charge in [-0.05, 0) is 31.2 Å². The number of rotatable bonds is 6. The van der Waals surface area contributed by atoms with Crippen molar-refractivity contribution in [3.8, 4) is 28.5 Å². The minimum Gasteiger partial charge on any atom is -0.480 e. The van der Waals surface area contributed by atoms with Crippen molar-refractivity contribution in [2.45, 2.75) is 40.0 Å². The van der Waals surface area contributed by atoms with E-state index in [2.05, 4.69) is 60.8 Å². The third-order valence-electron chi connectivity index (χ3n) is 6.61. The maximum Gasteiger partial charge on any atom is 0.228 e. The number of aromatic nitrogens is 8. The predicted molar refractivity (Wildman–Crippen MR) is 140 cm³/mol. The summed E-state index contributed by atoms with van der Waals surface area (Å²) in [5.41, 5.74) is 2.55. The molecule has 0 bridgehead atoms. The third kappa shape index (κ3) is 4.40. The molecule has 5 heterocycles. The van der Waals surface area contributed by atoms with Crippen LogP contribution in [0.3, 0.4) is 0 Å². The molecule has 1 aliphatic rings. The standard InChI is InChI=1S/C27H28FN9O/c1-17(38-22-8-6-5-7-19(22)28)24-33-34-25-21-13-18(14-36(21)15-27(2,3)16-37(24)25)20-9-11-29-26(31-20)32-23-10-12-30-35(23)4/h5-14,17H,15-16H2,1-4H3,(H,29,31,32)/t17-/m0/s1. The van der Waals surface area contributed by atoms with Crippen molar-refractivity contribution in [2.24, 2.45) is 12.5 Å². The predicted octanol–water partition coefficient (Wildman–Crippen LogP) is 5.00. The van der Waals surface area contributed by atoms with Crippen molar-refractivity contribution < 1.29 is 9.13 Å². The van der Waals surface area contributed by atoms with Crippen molar-refractivity contribution in [3.63, 3.8) is 0 Å². The van der Waals surface area contributed by atoms with Crippen LogP contribution < -0.4 is 10.1 Å². The maximum absolute atomic E-state index is 14.2. The van der Waals surface area contributed by atoms with E-state index in [4.69, 9.17) is 9.72 Å². The fourth-order valence-corrected chi connectivity index (χ4v) is 4.84. The number of nitrogens with one attached hydrogen (secondary N) is 1. The molecule has 1 aliphatic heterocycles. The molecule has 5 aromatic rings. The molecule has 0 saturated carbocycles. The molecule has 0 radical (unpaired) electrons. The van der Waals surface area contributed by atoms with E-state index in [-0.39, 0.29) is 11.2 Å². The van der Waals surface area contributed by atoms with Crippen molar-refractivity contribution in [3.05, 3.63) is 72.7 Å². The van der Waals surface area contributed by atoms with E-state index in [1.165, 1.54) is 6.07 Å². The number of benzene rings is 1. The van der Waals surface area contributed by atoms with Gasteiger partial charge in [0.15, 0.2) is 29.3 Å². The van der Waals surface area contributed by atoms with Crippen LogP contribution in [0.4, 0.5) is 16.2 Å². The highest BCUT2D eigenvalue weighted by Gasteiger charge is 2.32. The van der Waals surface area contributed by atoms with E-state index in [1.54, 1.807) is 35.3 Å². The molecule has 11 heteroatoms. The van der Waals surface area contributed by atoms with Gasteiger partial charge in [0, 0.05) is 49.6 Å². The maximum atomic E-state index is 14.2. The number of anilines is 2. The highest BCUT2D eigenvalue weighted by Crippen LogP contribution is 2.37. The minimum atomic E-state index is -0.493. The summed E-state index contributed by atoms with van der Waals surface area (Å²) in [7, 11) is 1.85. The van der Waals surface area contributed by atoms with Crippen molar-refractivity contribution in [1.82, 2.24) is 39.1 Å². The van der Waals surface area contributed by atoms with Gasteiger partial charge in [-0.25, -0.2) is 14.4 Å². The second kappa shape index (κ2) is 9.09. The molecule has 6 rings (SSSR count). The molecule has 1 aromatic carbocycles. The van der Waals surface area contributed by atoms with Crippen molar-refractivity contribution >= 4 is 11.8 Å². The Hall–Kier alpha value is -4.54. The Morgan fingerprint density at radius 2 is 1.92 bits per heavy atom. The van der Waals surface area contributed by atoms with Gasteiger partial charge in [-0.1, -0.05) is 26.0 Å². The smallest absolute Gasteiger partial charge is 0.228 e. The van der Waals surface area contributed by atoms with E-state index in [9.17, 15) is 4.39 Å². The SMILES string of the molecule is C[C@H](Oc1ccccc1F)c1nnc2n1CC(C)(C)Cn1cc(-c3ccnc(Nc4ccnn4C)n3)cc1-2. The molecule has 194 valence electrons. The number of para-hydroxylation sites is 1. The quantitative estimate of drug-likeness (QED) is 0.341. The molecule has 0 unspecified atom stereocenters. The van der Waals surface area contributed by atoms with Gasteiger partial charge in [-0.15, -0.1) is 10.2 Å². The van der Waals surface area contributed by atoms with Gasteiger partial charge in [0.2, 0.25) is 5.95 Å². The Balaban J connectivity index is 1.35. The van der Waals surface area contributed by atoms with Crippen molar-refractivity contribution in [2.75, 3.05) is 5.32 Å². The molecule has 38 heavy (non-hydrogen) atoms. The van der Waals surface area contributed by atoms with E-state index in [0.717, 1.165) is 35.1 Å². The topological polar surface area (TPSA) is 101 Å². The fourth-order valence-electron chi connectivity index (χ4n) is 4.84. The van der Waals surface area contributed by atoms with E-state index < -0.39 is 11.9 Å². The fraction of sp³-hybridized carbons (Fsp3) is 0.296. The molecule has 0 fully saturated rings. The normalized spacial score (nSPS) is 14.9. The van der Waals surface area contributed by atoms with E-state index >= 15 is 0 Å². The first-order valence-corrected chi connectivity index (χ1v) is 12.4. The average Bonchev–Trinajstić information content (AvgIpc) is 3.58. The number of fused-ring (bicyclic) bond motifs is 3. The van der Waals surface area contributed by atoms with Crippen LogP contribution in [-0.4, -0.2) is 39.1 Å². The zero-order valence-corrected chi connectivity index (χ0v) is 21.6. The number of aryl methyl sites for hydroxylation is 1. The number of nitrogens with zero attached hydrogens (tertiary/aromatic N) is 8. The lowest BCUT2D eigenvalue weighted by Crippen LogP contribution is -2.25. The third-order valence-corrected chi connectivity index (χ3v) is 6.61. The Bertz CT molecular complexity index is 1620. The molecular weight excluding hydrogens is 485 g/mol. The molecule has 1 N–H and O–H groups in total. The van der Waals surface area contributed by atoms with E-state index in [0.29, 0.717) is 18.3 Å². The largest absolute Gasteiger partial charge is 0.480 e. The van der Waals surface area contributed by atoms with Crippen LogP contribution in [0.1, 0.15) is 32.7 Å². The van der Waals surface area contributed by atoms with Crippen LogP contribution in [0.5, 0.6) is 5.75 Å². The first kappa shape index (κ1) is 23.8. The molecule has 0 saturated heterocycles. The lowest BCUT2D eigenvalue weighted by Gasteiger charge is -2.25. The Kier molecular flexibility index (Phi) is 5.70. The Morgan fingerprint density at radius 3 is 2.71 bits per heavy atom. The minimum absolute atomic E-state index is 0.108. The van der Waals surface area contributed by atoms with Crippen LogP contribution in [0, 0.1) is 11.2 Å². The second-order valence-electron chi connectivity index (χ2n) is 10.3. The summed E-state index contributed by atoms with van der Waals surface area (Å²) in [4.78, 5) is 9.09. The van der Waals surface area contributed by atoms with Crippen molar-refractivity contribution in [1.29, 1.82) is 0 Å². The molecule has 0 spiro atoms. The second-order valence-corrected chi connectivity index (χ2v) is 10.3. The van der Waals surface area contributed by atoms with Gasteiger partial charge in [0.25, 0.3) is 0 Å². The van der Waals surface area contributed by atoms with Gasteiger partial charge in [0.1, 0.15) is 5.82 Å². The monoisotopic (exact) mass is 513 g/mol. The summed E-state index contributed by atoms with van der Waals surface area (Å²) < 4.78 is 26.2. The summed E-state index contributed by atoms with van der Waals surface area (Å²) in [6.45, 7) is 7.75. The molecule has 0 amide bonds. The van der Waals surface area contributed by atoms with Gasteiger partial charge >= 0.3 is 0 Å².